The Hall–Kier alpha value is -1.58. The first kappa shape index (κ1) is 16.5. The summed E-state index contributed by atoms with van der Waals surface area (Å²) < 4.78 is 30.3. The molecule has 1 rings (SSSR count). The van der Waals surface area contributed by atoms with E-state index in [2.05, 4.69) is 15.4 Å². The minimum absolute atomic E-state index is 0.113. The Balaban J connectivity index is 2.32. The number of carbonyl (C=O) groups excluding carboxylic acids is 1. The molecule has 0 aliphatic carbocycles. The van der Waals surface area contributed by atoms with Gasteiger partial charge in [0.2, 0.25) is 5.09 Å². The van der Waals surface area contributed by atoms with Gasteiger partial charge in [0.15, 0.2) is 0 Å². The summed E-state index contributed by atoms with van der Waals surface area (Å²) in [6.45, 7) is 1.41. The first-order valence-corrected chi connectivity index (χ1v) is 7.53. The van der Waals surface area contributed by atoms with Crippen LogP contribution in [0, 0.1) is 0 Å². The molecule has 0 unspecified atom stereocenters. The summed E-state index contributed by atoms with van der Waals surface area (Å²) in [4.78, 5) is 12.7. The number of hydrogen-bond acceptors (Lipinski definition) is 5. The summed E-state index contributed by atoms with van der Waals surface area (Å²) in [5.41, 5.74) is 0. The Kier molecular flexibility index (Phi) is 5.99. The van der Waals surface area contributed by atoms with Crippen LogP contribution in [0.1, 0.15) is 5.76 Å². The minimum Gasteiger partial charge on any atom is -0.447 e. The second kappa shape index (κ2) is 7.27. The van der Waals surface area contributed by atoms with Crippen molar-refractivity contribution in [1.82, 2.24) is 20.3 Å². The SMILES string of the molecule is CNS(=O)(=O)c1ccc(CNCCNC(=O)N(C)C)o1. The van der Waals surface area contributed by atoms with E-state index in [-0.39, 0.29) is 11.1 Å². The van der Waals surface area contributed by atoms with Gasteiger partial charge in [-0.3, -0.25) is 0 Å². The van der Waals surface area contributed by atoms with Gasteiger partial charge in [-0.05, 0) is 19.2 Å². The van der Waals surface area contributed by atoms with Gasteiger partial charge in [-0.1, -0.05) is 0 Å². The van der Waals surface area contributed by atoms with Crippen LogP contribution in [0.25, 0.3) is 0 Å². The van der Waals surface area contributed by atoms with Gasteiger partial charge in [-0.15, -0.1) is 0 Å². The van der Waals surface area contributed by atoms with Crippen molar-refractivity contribution in [2.75, 3.05) is 34.2 Å². The van der Waals surface area contributed by atoms with Crippen LogP contribution in [0.5, 0.6) is 0 Å². The minimum atomic E-state index is -3.54. The number of rotatable bonds is 7. The molecule has 0 aliphatic heterocycles. The Bertz CT molecular complexity index is 538. The summed E-state index contributed by atoms with van der Waals surface area (Å²) >= 11 is 0. The molecule has 0 saturated carbocycles. The van der Waals surface area contributed by atoms with Crippen molar-refractivity contribution in [3.63, 3.8) is 0 Å². The molecule has 20 heavy (non-hydrogen) atoms. The zero-order valence-corrected chi connectivity index (χ0v) is 12.6. The molecule has 0 bridgehead atoms. The van der Waals surface area contributed by atoms with Crippen LogP contribution in [0.3, 0.4) is 0 Å². The van der Waals surface area contributed by atoms with Crippen LogP contribution in [-0.4, -0.2) is 53.6 Å². The molecule has 1 aromatic heterocycles. The lowest BCUT2D eigenvalue weighted by Crippen LogP contribution is -2.38. The molecule has 1 aromatic rings. The van der Waals surface area contributed by atoms with Crippen LogP contribution in [0.2, 0.25) is 0 Å². The third kappa shape index (κ3) is 4.83. The molecular formula is C11H20N4O4S. The van der Waals surface area contributed by atoms with E-state index in [1.165, 1.54) is 18.0 Å². The number of carbonyl (C=O) groups is 1. The predicted molar refractivity (Wildman–Crippen MR) is 73.7 cm³/mol. The maximum absolute atomic E-state index is 11.5. The standard InChI is InChI=1S/C11H20N4O4S/c1-12-20(17,18)10-5-4-9(19-10)8-13-6-7-14-11(16)15(2)3/h4-5,12-13H,6-8H2,1-3H3,(H,14,16). The van der Waals surface area contributed by atoms with Gasteiger partial charge in [0.1, 0.15) is 5.76 Å². The lowest BCUT2D eigenvalue weighted by molar-refractivity contribution is 0.217. The fourth-order valence-corrected chi connectivity index (χ4v) is 1.99. The second-order valence-corrected chi connectivity index (χ2v) is 6.05. The monoisotopic (exact) mass is 304 g/mol. The van der Waals surface area contributed by atoms with Crippen LogP contribution in [-0.2, 0) is 16.6 Å². The zero-order chi connectivity index (χ0) is 15.2. The van der Waals surface area contributed by atoms with Crippen LogP contribution >= 0.6 is 0 Å². The van der Waals surface area contributed by atoms with Crippen LogP contribution in [0.4, 0.5) is 4.79 Å². The highest BCUT2D eigenvalue weighted by atomic mass is 32.2. The van der Waals surface area contributed by atoms with Gasteiger partial charge < -0.3 is 20.0 Å². The van der Waals surface area contributed by atoms with Crippen LogP contribution < -0.4 is 15.4 Å². The number of hydrogen-bond donors (Lipinski definition) is 3. The maximum Gasteiger partial charge on any atom is 0.316 e. The molecule has 9 heteroatoms. The smallest absolute Gasteiger partial charge is 0.316 e. The fraction of sp³-hybridized carbons (Fsp3) is 0.545. The fourth-order valence-electron chi connectivity index (χ4n) is 1.33. The molecule has 0 saturated heterocycles. The van der Waals surface area contributed by atoms with Crippen molar-refractivity contribution in [2.24, 2.45) is 0 Å². The Labute approximate surface area is 118 Å². The summed E-state index contributed by atoms with van der Waals surface area (Å²) in [5.74, 6) is 0.512. The normalized spacial score (nSPS) is 11.3. The molecule has 0 aromatic carbocycles. The van der Waals surface area contributed by atoms with E-state index in [1.54, 1.807) is 20.2 Å². The quantitative estimate of drug-likeness (QED) is 0.592. The topological polar surface area (TPSA) is 104 Å². The predicted octanol–water partition coefficient (Wildman–Crippen LogP) is -0.451. The zero-order valence-electron chi connectivity index (χ0n) is 11.8. The number of nitrogens with one attached hydrogen (secondary N) is 3. The van der Waals surface area contributed by atoms with E-state index >= 15 is 0 Å². The van der Waals surface area contributed by atoms with Gasteiger partial charge in [0.25, 0.3) is 10.0 Å². The molecule has 0 aliphatic rings. The Morgan fingerprint density at radius 1 is 1.30 bits per heavy atom. The molecule has 1 heterocycles. The lowest BCUT2D eigenvalue weighted by Gasteiger charge is -2.11. The van der Waals surface area contributed by atoms with Crippen molar-refractivity contribution in [2.45, 2.75) is 11.6 Å². The van der Waals surface area contributed by atoms with Gasteiger partial charge in [0.05, 0.1) is 6.54 Å². The Morgan fingerprint density at radius 3 is 2.60 bits per heavy atom. The third-order valence-corrected chi connectivity index (χ3v) is 3.74. The highest BCUT2D eigenvalue weighted by Crippen LogP contribution is 2.12. The molecule has 0 radical (unpaired) electrons. The lowest BCUT2D eigenvalue weighted by atomic mass is 10.4. The third-order valence-electron chi connectivity index (χ3n) is 2.45. The van der Waals surface area contributed by atoms with E-state index in [0.717, 1.165) is 0 Å². The van der Waals surface area contributed by atoms with E-state index < -0.39 is 10.0 Å². The van der Waals surface area contributed by atoms with E-state index in [4.69, 9.17) is 4.42 Å². The first-order chi connectivity index (χ1) is 9.36. The molecular weight excluding hydrogens is 284 g/mol. The molecule has 2 amide bonds. The number of urea groups is 1. The summed E-state index contributed by atoms with van der Waals surface area (Å²) in [6, 6.07) is 2.83. The van der Waals surface area contributed by atoms with Crippen molar-refractivity contribution >= 4 is 16.1 Å². The second-order valence-electron chi connectivity index (χ2n) is 4.23. The Morgan fingerprint density at radius 2 is 2.00 bits per heavy atom. The van der Waals surface area contributed by atoms with E-state index in [0.29, 0.717) is 25.4 Å². The molecule has 114 valence electrons. The molecule has 3 N–H and O–H groups in total. The van der Waals surface area contributed by atoms with Gasteiger partial charge >= 0.3 is 6.03 Å². The average Bonchev–Trinajstić information content (AvgIpc) is 2.87. The molecule has 8 nitrogen and oxygen atoms in total. The van der Waals surface area contributed by atoms with Crippen LogP contribution in [0.15, 0.2) is 21.6 Å². The largest absolute Gasteiger partial charge is 0.447 e. The number of sulfonamides is 1. The summed E-state index contributed by atoms with van der Waals surface area (Å²) in [5, 5.41) is 5.62. The van der Waals surface area contributed by atoms with Crippen molar-refractivity contribution in [1.29, 1.82) is 0 Å². The summed E-state index contributed by atoms with van der Waals surface area (Å²) in [6.07, 6.45) is 0. The molecule has 0 atom stereocenters. The first-order valence-electron chi connectivity index (χ1n) is 6.05. The summed E-state index contributed by atoms with van der Waals surface area (Å²) in [7, 11) is 1.11. The van der Waals surface area contributed by atoms with E-state index in [9.17, 15) is 13.2 Å². The van der Waals surface area contributed by atoms with Crippen molar-refractivity contribution < 1.29 is 17.6 Å². The molecule has 0 fully saturated rings. The van der Waals surface area contributed by atoms with Crippen molar-refractivity contribution in [3.8, 4) is 0 Å². The van der Waals surface area contributed by atoms with Gasteiger partial charge in [0, 0.05) is 27.2 Å². The number of amides is 2. The highest BCUT2D eigenvalue weighted by Gasteiger charge is 2.15. The van der Waals surface area contributed by atoms with E-state index in [1.807, 2.05) is 0 Å². The maximum atomic E-state index is 11.5. The number of nitrogens with zero attached hydrogens (tertiary/aromatic N) is 1. The highest BCUT2D eigenvalue weighted by molar-refractivity contribution is 7.89. The number of furan rings is 1. The van der Waals surface area contributed by atoms with Gasteiger partial charge in [-0.2, -0.15) is 0 Å². The average molecular weight is 304 g/mol. The molecule has 0 spiro atoms. The van der Waals surface area contributed by atoms with Crippen molar-refractivity contribution in [3.05, 3.63) is 17.9 Å². The van der Waals surface area contributed by atoms with Gasteiger partial charge in [-0.25, -0.2) is 17.9 Å².